The summed E-state index contributed by atoms with van der Waals surface area (Å²) in [7, 11) is 0. The summed E-state index contributed by atoms with van der Waals surface area (Å²) in [4.78, 5) is 59.6. The van der Waals surface area contributed by atoms with Crippen LogP contribution in [0.2, 0.25) is 0 Å². The van der Waals surface area contributed by atoms with E-state index in [1.165, 1.54) is 19.3 Å². The lowest BCUT2D eigenvalue weighted by Gasteiger charge is -2.05. The van der Waals surface area contributed by atoms with Gasteiger partial charge in [-0.05, 0) is 111 Å². The molecule has 2 aliphatic rings. The van der Waals surface area contributed by atoms with Gasteiger partial charge in [0.15, 0.2) is 0 Å². The van der Waals surface area contributed by atoms with Gasteiger partial charge < -0.3 is 25.5 Å². The Morgan fingerprint density at radius 1 is 0.816 bits per heavy atom. The van der Waals surface area contributed by atoms with Crippen molar-refractivity contribution in [3.8, 4) is 0 Å². The maximum Gasteiger partial charge on any atom is 0.303 e. The van der Waals surface area contributed by atoms with Gasteiger partial charge in [-0.1, -0.05) is 45.6 Å². The van der Waals surface area contributed by atoms with Crippen molar-refractivity contribution in [3.63, 3.8) is 0 Å². The first-order chi connectivity index (χ1) is 23.4. The zero-order chi connectivity index (χ0) is 35.8. The number of hydrogen-bond donors (Lipinski definition) is 5. The van der Waals surface area contributed by atoms with Gasteiger partial charge in [0.05, 0.1) is 11.6 Å². The topological polar surface area (TPSA) is 165 Å². The van der Waals surface area contributed by atoms with Crippen LogP contribution in [0.15, 0.2) is 33.5 Å². The van der Waals surface area contributed by atoms with Crippen molar-refractivity contribution in [1.82, 2.24) is 15.3 Å². The van der Waals surface area contributed by atoms with Gasteiger partial charge in [0.25, 0.3) is 5.91 Å². The van der Waals surface area contributed by atoms with Gasteiger partial charge >= 0.3 is 11.9 Å². The molecule has 2 aromatic heterocycles. The highest BCUT2D eigenvalue weighted by atomic mass is 16.4. The summed E-state index contributed by atoms with van der Waals surface area (Å²) < 4.78 is 0. The minimum atomic E-state index is -0.918. The van der Waals surface area contributed by atoms with Crippen molar-refractivity contribution in [1.29, 1.82) is 0 Å². The number of carbonyl (C=O) groups excluding carboxylic acids is 2. The van der Waals surface area contributed by atoms with Gasteiger partial charge in [-0.2, -0.15) is 0 Å². The van der Waals surface area contributed by atoms with Gasteiger partial charge in [0.1, 0.15) is 0 Å². The molecule has 1 fully saturated rings. The van der Waals surface area contributed by atoms with Crippen LogP contribution in [0.5, 0.6) is 0 Å². The van der Waals surface area contributed by atoms with Crippen LogP contribution >= 0.6 is 0 Å². The largest absolute Gasteiger partial charge is 0.481 e. The molecule has 0 aromatic carbocycles. The van der Waals surface area contributed by atoms with Crippen molar-refractivity contribution < 1.29 is 29.4 Å². The molecule has 4 rings (SSSR count). The van der Waals surface area contributed by atoms with E-state index in [1.807, 2.05) is 52.8 Å². The van der Waals surface area contributed by atoms with Crippen LogP contribution in [0, 0.1) is 19.8 Å². The Balaban J connectivity index is 1.82. The number of carboxylic acid groups (broad SMARTS) is 2. The fourth-order valence-electron chi connectivity index (χ4n) is 6.66. The zero-order valence-corrected chi connectivity index (χ0v) is 29.6. The van der Waals surface area contributed by atoms with Gasteiger partial charge in [-0.15, -0.1) is 0 Å². The number of aromatic nitrogens is 2. The predicted octanol–water partition coefficient (Wildman–Crippen LogP) is 5.70. The molecule has 10 nitrogen and oxygen atoms in total. The fourth-order valence-corrected chi connectivity index (χ4v) is 6.66. The number of rotatable bonds is 16. The second-order valence-corrected chi connectivity index (χ2v) is 13.1. The smallest absolute Gasteiger partial charge is 0.303 e. The van der Waals surface area contributed by atoms with Gasteiger partial charge in [0.2, 0.25) is 5.91 Å². The van der Waals surface area contributed by atoms with E-state index in [4.69, 9.17) is 0 Å². The van der Waals surface area contributed by atoms with Gasteiger partial charge in [0, 0.05) is 46.2 Å². The normalized spacial score (nSPS) is 18.8. The van der Waals surface area contributed by atoms with Gasteiger partial charge in [-0.25, -0.2) is 4.99 Å². The lowest BCUT2D eigenvalue weighted by molar-refractivity contribution is -0.138. The third-order valence-corrected chi connectivity index (χ3v) is 9.71. The number of unbranched alkanes of at least 4 members (excludes halogenated alkanes) is 5. The monoisotopic (exact) mass is 670 g/mol. The van der Waals surface area contributed by atoms with E-state index in [0.717, 1.165) is 69.4 Å². The first-order valence-corrected chi connectivity index (χ1v) is 17.5. The highest BCUT2D eigenvalue weighted by molar-refractivity contribution is 6.30. The minimum absolute atomic E-state index is 0.0519. The molecule has 0 aliphatic carbocycles. The number of aliphatic imine (C=N–C) groups is 1. The maximum atomic E-state index is 12.8. The molecular formula is C39H50N4O6. The van der Waals surface area contributed by atoms with E-state index < -0.39 is 11.9 Å². The van der Waals surface area contributed by atoms with Crippen LogP contribution in [-0.2, 0) is 32.0 Å². The molecule has 1 unspecified atom stereocenters. The average molecular weight is 671 g/mol. The Hall–Kier alpha value is -4.73. The summed E-state index contributed by atoms with van der Waals surface area (Å²) in [6.07, 6.45) is 15.6. The number of nitrogens with zero attached hydrogens (tertiary/aromatic N) is 1. The number of carboxylic acids is 2. The van der Waals surface area contributed by atoms with E-state index in [0.29, 0.717) is 28.7 Å². The summed E-state index contributed by atoms with van der Waals surface area (Å²) in [5.41, 5.74) is 8.61. The SMILES string of the molecule is CCCCCCC/C=C1/C(=C/c2[nH]c(/C=c3\[nH]/c(=C\C4=NC(=O)C(CC)=C4C)c(C)c3CCC(=O)O)c(CCC(=O)O)c2C)NC(=O)C1C. The van der Waals surface area contributed by atoms with Crippen LogP contribution in [0.3, 0.4) is 0 Å². The molecule has 2 aromatic rings. The minimum Gasteiger partial charge on any atom is -0.481 e. The molecule has 10 heteroatoms. The van der Waals surface area contributed by atoms with Crippen LogP contribution in [0.4, 0.5) is 0 Å². The Bertz CT molecular complexity index is 1880. The van der Waals surface area contributed by atoms with E-state index in [-0.39, 0.29) is 43.4 Å². The molecule has 2 aliphatic heterocycles. The van der Waals surface area contributed by atoms with Crippen LogP contribution in [0.1, 0.15) is 119 Å². The van der Waals surface area contributed by atoms with Crippen LogP contribution < -0.4 is 16.0 Å². The lowest BCUT2D eigenvalue weighted by Crippen LogP contribution is -2.16. The third kappa shape index (κ3) is 8.85. The second-order valence-electron chi connectivity index (χ2n) is 13.1. The van der Waals surface area contributed by atoms with Crippen molar-refractivity contribution in [2.24, 2.45) is 10.9 Å². The van der Waals surface area contributed by atoms with E-state index in [9.17, 15) is 29.4 Å². The number of carbonyl (C=O) groups is 4. The molecular weight excluding hydrogens is 620 g/mol. The van der Waals surface area contributed by atoms with Crippen molar-refractivity contribution in [3.05, 3.63) is 72.8 Å². The summed E-state index contributed by atoms with van der Waals surface area (Å²) in [6, 6.07) is 0. The third-order valence-electron chi connectivity index (χ3n) is 9.71. The standard InChI is InChI=1S/C39H50N4O6/c1-7-9-10-11-12-13-14-27-25(6)38(48)43-35(27)20-31-24(5)29(16-18-37(46)47)34(41-31)21-33-28(15-17-36(44)45)23(4)30(40-33)19-32-22(3)26(8-2)39(49)42-32/h14,19-21,25,40-41H,7-13,15-18H2,1-6H3,(H,43,48)(H,44,45)(H,46,47)/b27-14+,30-19-,33-21-,35-20-. The van der Waals surface area contributed by atoms with Crippen molar-refractivity contribution in [2.45, 2.75) is 112 Å². The summed E-state index contributed by atoms with van der Waals surface area (Å²) in [5, 5.41) is 23.5. The van der Waals surface area contributed by atoms with Crippen LogP contribution in [-0.4, -0.2) is 49.6 Å². The Morgan fingerprint density at radius 3 is 2.12 bits per heavy atom. The van der Waals surface area contributed by atoms with E-state index in [1.54, 1.807) is 0 Å². The first-order valence-electron chi connectivity index (χ1n) is 17.5. The Kier molecular flexibility index (Phi) is 12.6. The number of aromatic amines is 2. The molecule has 0 saturated carbocycles. The second kappa shape index (κ2) is 16.6. The highest BCUT2D eigenvalue weighted by Crippen LogP contribution is 2.30. The summed E-state index contributed by atoms with van der Waals surface area (Å²) >= 11 is 0. The lowest BCUT2D eigenvalue weighted by atomic mass is 9.98. The molecule has 49 heavy (non-hydrogen) atoms. The number of allylic oxidation sites excluding steroid dienone is 3. The quantitative estimate of drug-likeness (QED) is 0.144. The molecule has 1 atom stereocenters. The Morgan fingerprint density at radius 2 is 1.49 bits per heavy atom. The van der Waals surface area contributed by atoms with E-state index in [2.05, 4.69) is 33.3 Å². The molecule has 2 amide bonds. The molecule has 0 radical (unpaired) electrons. The molecule has 262 valence electrons. The first kappa shape index (κ1) is 37.1. The van der Waals surface area contributed by atoms with Gasteiger partial charge in [-0.3, -0.25) is 19.2 Å². The molecule has 5 N–H and O–H groups in total. The molecule has 1 saturated heterocycles. The number of amides is 2. The number of nitrogens with one attached hydrogen (secondary N) is 3. The number of aliphatic carboxylic acids is 2. The average Bonchev–Trinajstić information content (AvgIpc) is 3.69. The van der Waals surface area contributed by atoms with Crippen molar-refractivity contribution >= 4 is 47.7 Å². The number of H-pyrrole nitrogens is 2. The Labute approximate surface area is 287 Å². The van der Waals surface area contributed by atoms with Crippen LogP contribution in [0.25, 0.3) is 18.2 Å². The molecule has 4 heterocycles. The summed E-state index contributed by atoms with van der Waals surface area (Å²) in [6.45, 7) is 11.8. The molecule has 0 spiro atoms. The van der Waals surface area contributed by atoms with E-state index >= 15 is 0 Å². The molecule has 0 bridgehead atoms. The number of hydrogen-bond acceptors (Lipinski definition) is 4. The maximum absolute atomic E-state index is 12.8. The predicted molar refractivity (Wildman–Crippen MR) is 192 cm³/mol. The zero-order valence-electron chi connectivity index (χ0n) is 29.6. The highest BCUT2D eigenvalue weighted by Gasteiger charge is 2.29. The summed E-state index contributed by atoms with van der Waals surface area (Å²) in [5.74, 6) is -2.39. The fraction of sp³-hybridized carbons (Fsp3) is 0.462. The van der Waals surface area contributed by atoms with Crippen molar-refractivity contribution in [2.75, 3.05) is 0 Å².